The third-order valence-electron chi connectivity index (χ3n) is 4.68. The van der Waals surface area contributed by atoms with Gasteiger partial charge < -0.3 is 4.90 Å². The number of carbonyl (C=O) groups is 1. The summed E-state index contributed by atoms with van der Waals surface area (Å²) in [6.45, 7) is 4.33. The Morgan fingerprint density at radius 1 is 1.53 bits per heavy atom. The van der Waals surface area contributed by atoms with E-state index < -0.39 is 0 Å². The molecule has 4 heteroatoms. The highest BCUT2D eigenvalue weighted by molar-refractivity contribution is 7.07. The predicted octanol–water partition coefficient (Wildman–Crippen LogP) is 3.15. The van der Waals surface area contributed by atoms with Crippen LogP contribution in [0.25, 0.3) is 0 Å². The van der Waals surface area contributed by atoms with E-state index in [4.69, 9.17) is 0 Å². The molecule has 0 bridgehead atoms. The van der Waals surface area contributed by atoms with E-state index in [1.54, 1.807) is 11.3 Å². The fourth-order valence-electron chi connectivity index (χ4n) is 3.00. The van der Waals surface area contributed by atoms with Crippen LogP contribution in [-0.2, 0) is 4.79 Å². The number of hydrogen-bond acceptors (Lipinski definition) is 3. The summed E-state index contributed by atoms with van der Waals surface area (Å²) < 4.78 is 0. The Hall–Kier alpha value is -0.870. The van der Waals surface area contributed by atoms with Gasteiger partial charge in [-0.15, -0.1) is 0 Å². The fourth-order valence-corrected chi connectivity index (χ4v) is 3.67. The fraction of sp³-hybridized carbons (Fsp3) is 0.667. The smallest absolute Gasteiger partial charge is 0.241 e. The molecule has 0 spiro atoms. The lowest BCUT2D eigenvalue weighted by Crippen LogP contribution is -2.44. The minimum atomic E-state index is -0.00417. The van der Waals surface area contributed by atoms with Gasteiger partial charge in [0, 0.05) is 6.04 Å². The zero-order chi connectivity index (χ0) is 13.4. The molecule has 2 aliphatic rings. The molecule has 3 nitrogen and oxygen atoms in total. The lowest BCUT2D eigenvalue weighted by molar-refractivity contribution is -0.134. The van der Waals surface area contributed by atoms with E-state index in [-0.39, 0.29) is 12.2 Å². The first-order valence-electron chi connectivity index (χ1n) is 7.32. The molecule has 2 fully saturated rings. The van der Waals surface area contributed by atoms with E-state index in [0.717, 1.165) is 6.42 Å². The Balaban J connectivity index is 1.86. The Morgan fingerprint density at radius 2 is 2.32 bits per heavy atom. The van der Waals surface area contributed by atoms with Gasteiger partial charge >= 0.3 is 0 Å². The van der Waals surface area contributed by atoms with E-state index >= 15 is 0 Å². The van der Waals surface area contributed by atoms with Gasteiger partial charge in [-0.05, 0) is 47.6 Å². The molecule has 1 saturated carbocycles. The van der Waals surface area contributed by atoms with E-state index in [9.17, 15) is 4.79 Å². The summed E-state index contributed by atoms with van der Waals surface area (Å²) in [7, 11) is 0. The quantitative estimate of drug-likeness (QED) is 0.917. The van der Waals surface area contributed by atoms with E-state index in [1.807, 2.05) is 0 Å². The van der Waals surface area contributed by atoms with Gasteiger partial charge in [0.2, 0.25) is 5.91 Å². The van der Waals surface area contributed by atoms with Crippen molar-refractivity contribution >= 4 is 17.2 Å². The number of nitrogens with zero attached hydrogens (tertiary/aromatic N) is 1. The van der Waals surface area contributed by atoms with Gasteiger partial charge in [-0.3, -0.25) is 10.1 Å². The van der Waals surface area contributed by atoms with Gasteiger partial charge in [0.1, 0.15) is 6.17 Å². The zero-order valence-electron chi connectivity index (χ0n) is 11.6. The average Bonchev–Trinajstić information content (AvgIpc) is 2.96. The van der Waals surface area contributed by atoms with E-state index in [1.165, 1.54) is 24.8 Å². The summed E-state index contributed by atoms with van der Waals surface area (Å²) in [5.41, 5.74) is 1.25. The maximum absolute atomic E-state index is 12.7. The molecule has 104 valence electrons. The maximum Gasteiger partial charge on any atom is 0.241 e. The van der Waals surface area contributed by atoms with Crippen LogP contribution in [0.5, 0.6) is 0 Å². The molecular weight excluding hydrogens is 256 g/mol. The monoisotopic (exact) mass is 278 g/mol. The van der Waals surface area contributed by atoms with Crippen molar-refractivity contribution in [2.75, 3.05) is 0 Å². The highest BCUT2D eigenvalue weighted by Crippen LogP contribution is 2.37. The molecule has 19 heavy (non-hydrogen) atoms. The molecule has 1 saturated heterocycles. The van der Waals surface area contributed by atoms with E-state index in [2.05, 4.69) is 40.9 Å². The van der Waals surface area contributed by atoms with Crippen molar-refractivity contribution < 1.29 is 4.79 Å². The molecule has 3 rings (SSSR count). The van der Waals surface area contributed by atoms with Crippen molar-refractivity contribution in [1.29, 1.82) is 0 Å². The van der Waals surface area contributed by atoms with Crippen LogP contribution in [0.2, 0.25) is 0 Å². The van der Waals surface area contributed by atoms with Crippen LogP contribution in [0.1, 0.15) is 51.3 Å². The molecule has 3 atom stereocenters. The highest BCUT2D eigenvalue weighted by Gasteiger charge is 2.46. The normalized spacial score (nSPS) is 29.6. The Morgan fingerprint density at radius 3 is 2.84 bits per heavy atom. The second kappa shape index (κ2) is 5.25. The number of rotatable bonds is 4. The zero-order valence-corrected chi connectivity index (χ0v) is 12.5. The summed E-state index contributed by atoms with van der Waals surface area (Å²) in [5.74, 6) is 0.717. The molecular formula is C15H22N2OS. The summed E-state index contributed by atoms with van der Waals surface area (Å²) >= 11 is 1.70. The van der Waals surface area contributed by atoms with Gasteiger partial charge in [0.15, 0.2) is 0 Å². The van der Waals surface area contributed by atoms with Crippen molar-refractivity contribution in [3.8, 4) is 0 Å². The first-order valence-corrected chi connectivity index (χ1v) is 8.27. The molecule has 1 aromatic heterocycles. The number of nitrogens with one attached hydrogen (secondary N) is 1. The lowest BCUT2D eigenvalue weighted by Gasteiger charge is -2.38. The van der Waals surface area contributed by atoms with Crippen molar-refractivity contribution in [3.63, 3.8) is 0 Å². The van der Waals surface area contributed by atoms with Gasteiger partial charge in [-0.25, -0.2) is 0 Å². The van der Waals surface area contributed by atoms with Gasteiger partial charge in [-0.2, -0.15) is 11.3 Å². The van der Waals surface area contributed by atoms with Gasteiger partial charge in [0.25, 0.3) is 0 Å². The van der Waals surface area contributed by atoms with Crippen LogP contribution >= 0.6 is 11.3 Å². The first kappa shape index (κ1) is 13.1. The molecule has 1 aliphatic heterocycles. The number of carbonyl (C=O) groups excluding carboxylic acids is 1. The van der Waals surface area contributed by atoms with Crippen LogP contribution in [-0.4, -0.2) is 22.9 Å². The maximum atomic E-state index is 12.7. The van der Waals surface area contributed by atoms with Crippen LogP contribution in [0.15, 0.2) is 16.8 Å². The minimum absolute atomic E-state index is 0.00417. The minimum Gasteiger partial charge on any atom is -0.319 e. The van der Waals surface area contributed by atoms with Crippen LogP contribution < -0.4 is 5.32 Å². The summed E-state index contributed by atoms with van der Waals surface area (Å²) in [4.78, 5) is 14.8. The molecule has 3 unspecified atom stereocenters. The van der Waals surface area contributed by atoms with Crippen molar-refractivity contribution in [3.05, 3.63) is 22.4 Å². The van der Waals surface area contributed by atoms with Crippen LogP contribution in [0, 0.1) is 5.92 Å². The molecule has 0 radical (unpaired) electrons. The average molecular weight is 278 g/mol. The Labute approximate surface area is 119 Å². The molecule has 2 heterocycles. The number of amides is 1. The topological polar surface area (TPSA) is 32.3 Å². The largest absolute Gasteiger partial charge is 0.319 e. The molecule has 1 aromatic rings. The highest BCUT2D eigenvalue weighted by atomic mass is 32.1. The van der Waals surface area contributed by atoms with Crippen LogP contribution in [0.4, 0.5) is 0 Å². The molecule has 1 N–H and O–H groups in total. The molecule has 1 amide bonds. The van der Waals surface area contributed by atoms with Crippen molar-refractivity contribution in [1.82, 2.24) is 10.2 Å². The lowest BCUT2D eigenvalue weighted by atomic mass is 9.90. The SMILES string of the molecule is CCC(C)C1NC(c2ccsc2)N(C2CCC2)C1=O. The summed E-state index contributed by atoms with van der Waals surface area (Å²) in [6, 6.07) is 2.59. The third kappa shape index (κ3) is 2.21. The van der Waals surface area contributed by atoms with Gasteiger partial charge in [-0.1, -0.05) is 20.3 Å². The summed E-state index contributed by atoms with van der Waals surface area (Å²) in [6.07, 6.45) is 4.74. The number of hydrogen-bond donors (Lipinski definition) is 1. The van der Waals surface area contributed by atoms with Crippen molar-refractivity contribution in [2.45, 2.75) is 57.8 Å². The van der Waals surface area contributed by atoms with E-state index in [0.29, 0.717) is 17.9 Å². The van der Waals surface area contributed by atoms with Crippen LogP contribution in [0.3, 0.4) is 0 Å². The van der Waals surface area contributed by atoms with Crippen molar-refractivity contribution in [2.24, 2.45) is 5.92 Å². The third-order valence-corrected chi connectivity index (χ3v) is 5.38. The number of thiophene rings is 1. The molecule has 0 aromatic carbocycles. The second-order valence-corrected chi connectivity index (χ2v) is 6.60. The second-order valence-electron chi connectivity index (χ2n) is 5.82. The Bertz CT molecular complexity index is 441. The summed E-state index contributed by atoms with van der Waals surface area (Å²) in [5, 5.41) is 7.83. The Kier molecular flexibility index (Phi) is 3.63. The standard InChI is InChI=1S/C15H22N2OS/c1-3-10(2)13-15(18)17(12-5-4-6-12)14(16-13)11-7-8-19-9-11/h7-10,12-14,16H,3-6H2,1-2H3. The predicted molar refractivity (Wildman–Crippen MR) is 77.9 cm³/mol. The first-order chi connectivity index (χ1) is 9.22. The molecule has 1 aliphatic carbocycles. The van der Waals surface area contributed by atoms with Gasteiger partial charge in [0.05, 0.1) is 6.04 Å².